The average molecular weight is 396 g/mol. The summed E-state index contributed by atoms with van der Waals surface area (Å²) in [6.45, 7) is 9.60. The highest BCUT2D eigenvalue weighted by molar-refractivity contribution is 5.97. The van der Waals surface area contributed by atoms with Crippen LogP contribution in [0.2, 0.25) is 0 Å². The Morgan fingerprint density at radius 1 is 1.21 bits per heavy atom. The number of aromatic hydroxyl groups is 1. The predicted octanol–water partition coefficient (Wildman–Crippen LogP) is 4.33. The first-order valence-corrected chi connectivity index (χ1v) is 10.4. The fraction of sp³-hybridized carbons (Fsp3) is 0.458. The number of hydrogen-bond donors (Lipinski definition) is 2. The molecule has 5 heteroatoms. The first-order chi connectivity index (χ1) is 13.7. The van der Waals surface area contributed by atoms with Gasteiger partial charge >= 0.3 is 0 Å². The van der Waals surface area contributed by atoms with Crippen LogP contribution in [0.5, 0.6) is 5.75 Å². The Balaban J connectivity index is 2.01. The monoisotopic (exact) mass is 395 g/mol. The zero-order chi connectivity index (χ0) is 21.3. The number of phenolic OH excluding ortho intramolecular Hbond substituents is 1. The van der Waals surface area contributed by atoms with Crippen LogP contribution >= 0.6 is 0 Å². The number of rotatable bonds is 5. The Labute approximate surface area is 174 Å². The van der Waals surface area contributed by atoms with Crippen LogP contribution in [0.3, 0.4) is 0 Å². The van der Waals surface area contributed by atoms with E-state index in [0.29, 0.717) is 5.75 Å². The van der Waals surface area contributed by atoms with Gasteiger partial charge in [0.15, 0.2) is 0 Å². The molecule has 0 radical (unpaired) electrons. The number of anilines is 2. The fourth-order valence-corrected chi connectivity index (χ4v) is 4.17. The molecule has 1 aliphatic heterocycles. The summed E-state index contributed by atoms with van der Waals surface area (Å²) in [4.78, 5) is 17.9. The minimum Gasteiger partial charge on any atom is -0.507 e. The van der Waals surface area contributed by atoms with Crippen LogP contribution < -0.4 is 10.2 Å². The molecule has 0 bridgehead atoms. The number of phenols is 1. The van der Waals surface area contributed by atoms with Gasteiger partial charge < -0.3 is 15.3 Å². The molecule has 0 aromatic heterocycles. The standard InChI is InChI=1S/C24H33N3O2/c1-7-11-27-12-10-18-8-9-19(26(5)6)14-20(18)22(27)24(29)25-21-13-15(2)23(28)17(4)16(21)3/h8-9,13-14,22,28H,7,10-12H2,1-6H3,(H,25,29). The summed E-state index contributed by atoms with van der Waals surface area (Å²) in [5.74, 6) is 0.287. The Kier molecular flexibility index (Phi) is 6.18. The van der Waals surface area contributed by atoms with E-state index >= 15 is 0 Å². The lowest BCUT2D eigenvalue weighted by atomic mass is 9.90. The molecule has 1 aliphatic rings. The van der Waals surface area contributed by atoms with Gasteiger partial charge in [-0.3, -0.25) is 9.69 Å². The molecule has 1 unspecified atom stereocenters. The Morgan fingerprint density at radius 2 is 1.93 bits per heavy atom. The van der Waals surface area contributed by atoms with Crippen molar-refractivity contribution < 1.29 is 9.90 Å². The van der Waals surface area contributed by atoms with Crippen molar-refractivity contribution in [2.75, 3.05) is 37.4 Å². The number of nitrogens with zero attached hydrogens (tertiary/aromatic N) is 2. The van der Waals surface area contributed by atoms with Crippen LogP contribution in [-0.4, -0.2) is 43.1 Å². The molecule has 0 aliphatic carbocycles. The number of carbonyl (C=O) groups excluding carboxylic acids is 1. The van der Waals surface area contributed by atoms with Crippen LogP contribution in [0.1, 0.15) is 47.2 Å². The zero-order valence-corrected chi connectivity index (χ0v) is 18.5. The second kappa shape index (κ2) is 8.46. The highest BCUT2D eigenvalue weighted by Crippen LogP contribution is 2.35. The number of benzene rings is 2. The molecular weight excluding hydrogens is 362 g/mol. The van der Waals surface area contributed by atoms with Crippen LogP contribution in [-0.2, 0) is 11.2 Å². The van der Waals surface area contributed by atoms with Crippen molar-refractivity contribution in [1.82, 2.24) is 4.90 Å². The van der Waals surface area contributed by atoms with Gasteiger partial charge in [0.05, 0.1) is 0 Å². The van der Waals surface area contributed by atoms with Crippen molar-refractivity contribution in [1.29, 1.82) is 0 Å². The molecule has 0 fully saturated rings. The molecule has 3 rings (SSSR count). The van der Waals surface area contributed by atoms with Crippen LogP contribution in [0.25, 0.3) is 0 Å². The molecule has 1 atom stereocenters. The van der Waals surface area contributed by atoms with E-state index in [2.05, 4.69) is 40.2 Å². The smallest absolute Gasteiger partial charge is 0.246 e. The lowest BCUT2D eigenvalue weighted by Crippen LogP contribution is -2.42. The van der Waals surface area contributed by atoms with E-state index in [4.69, 9.17) is 0 Å². The summed E-state index contributed by atoms with van der Waals surface area (Å²) in [6.07, 6.45) is 1.96. The van der Waals surface area contributed by atoms with Crippen LogP contribution in [0, 0.1) is 20.8 Å². The number of amides is 1. The third-order valence-electron chi connectivity index (χ3n) is 6.05. The molecule has 0 saturated heterocycles. The second-order valence-electron chi connectivity index (χ2n) is 8.29. The molecule has 1 amide bonds. The minimum atomic E-state index is -0.313. The molecule has 29 heavy (non-hydrogen) atoms. The van der Waals surface area contributed by atoms with E-state index in [9.17, 15) is 9.90 Å². The lowest BCUT2D eigenvalue weighted by molar-refractivity contribution is -0.121. The number of hydrogen-bond acceptors (Lipinski definition) is 4. The summed E-state index contributed by atoms with van der Waals surface area (Å²) in [5.41, 5.74) is 6.71. The van der Waals surface area contributed by atoms with E-state index in [1.54, 1.807) is 0 Å². The molecule has 1 heterocycles. The number of fused-ring (bicyclic) bond motifs is 1. The van der Waals surface area contributed by atoms with Gasteiger partial charge in [0, 0.05) is 32.0 Å². The molecule has 2 N–H and O–H groups in total. The molecule has 2 aromatic rings. The van der Waals surface area contributed by atoms with Gasteiger partial charge in [-0.15, -0.1) is 0 Å². The summed E-state index contributed by atoms with van der Waals surface area (Å²) in [5, 5.41) is 13.4. The van der Waals surface area contributed by atoms with Gasteiger partial charge in [-0.1, -0.05) is 13.0 Å². The normalized spacial score (nSPS) is 16.4. The van der Waals surface area contributed by atoms with Crippen molar-refractivity contribution in [2.24, 2.45) is 0 Å². The van der Waals surface area contributed by atoms with Gasteiger partial charge in [0.2, 0.25) is 5.91 Å². The third-order valence-corrected chi connectivity index (χ3v) is 6.05. The Morgan fingerprint density at radius 3 is 2.59 bits per heavy atom. The first kappa shape index (κ1) is 21.2. The minimum absolute atomic E-state index is 0.0112. The number of aryl methyl sites for hydroxylation is 1. The number of nitrogens with one attached hydrogen (secondary N) is 1. The highest BCUT2D eigenvalue weighted by Gasteiger charge is 2.33. The molecule has 2 aromatic carbocycles. The molecule has 5 nitrogen and oxygen atoms in total. The maximum atomic E-state index is 13.5. The van der Waals surface area contributed by atoms with Gasteiger partial charge in [0.25, 0.3) is 0 Å². The second-order valence-corrected chi connectivity index (χ2v) is 8.29. The highest BCUT2D eigenvalue weighted by atomic mass is 16.3. The summed E-state index contributed by atoms with van der Waals surface area (Å²) < 4.78 is 0. The summed E-state index contributed by atoms with van der Waals surface area (Å²) in [7, 11) is 4.05. The third kappa shape index (κ3) is 4.10. The average Bonchev–Trinajstić information content (AvgIpc) is 2.69. The molecule has 156 valence electrons. The zero-order valence-electron chi connectivity index (χ0n) is 18.5. The SMILES string of the molecule is CCCN1CCc2ccc(N(C)C)cc2C1C(=O)Nc1cc(C)c(O)c(C)c1C. The van der Waals surface area contributed by atoms with E-state index in [-0.39, 0.29) is 11.9 Å². The van der Waals surface area contributed by atoms with Gasteiger partial charge in [-0.2, -0.15) is 0 Å². The predicted molar refractivity (Wildman–Crippen MR) is 120 cm³/mol. The van der Waals surface area contributed by atoms with Crippen LogP contribution in [0.4, 0.5) is 11.4 Å². The molecule has 0 saturated carbocycles. The van der Waals surface area contributed by atoms with E-state index in [1.807, 2.05) is 40.9 Å². The van der Waals surface area contributed by atoms with Crippen molar-refractivity contribution in [2.45, 2.75) is 46.6 Å². The first-order valence-electron chi connectivity index (χ1n) is 10.4. The quantitative estimate of drug-likeness (QED) is 0.740. The summed E-state index contributed by atoms with van der Waals surface area (Å²) in [6, 6.07) is 7.99. The van der Waals surface area contributed by atoms with E-state index in [0.717, 1.165) is 59.6 Å². The lowest BCUT2D eigenvalue weighted by Gasteiger charge is -2.37. The van der Waals surface area contributed by atoms with Crippen molar-refractivity contribution >= 4 is 17.3 Å². The summed E-state index contributed by atoms with van der Waals surface area (Å²) >= 11 is 0. The van der Waals surface area contributed by atoms with Gasteiger partial charge in [-0.25, -0.2) is 0 Å². The topological polar surface area (TPSA) is 55.8 Å². The fourth-order valence-electron chi connectivity index (χ4n) is 4.17. The van der Waals surface area contributed by atoms with Crippen molar-refractivity contribution in [3.63, 3.8) is 0 Å². The Hall–Kier alpha value is -2.53. The van der Waals surface area contributed by atoms with Crippen molar-refractivity contribution in [3.05, 3.63) is 52.1 Å². The maximum absolute atomic E-state index is 13.5. The molecular formula is C24H33N3O2. The van der Waals surface area contributed by atoms with Crippen molar-refractivity contribution in [3.8, 4) is 5.75 Å². The largest absolute Gasteiger partial charge is 0.507 e. The van der Waals surface area contributed by atoms with E-state index < -0.39 is 0 Å². The van der Waals surface area contributed by atoms with Gasteiger partial charge in [-0.05, 0) is 86.2 Å². The van der Waals surface area contributed by atoms with Crippen LogP contribution in [0.15, 0.2) is 24.3 Å². The molecule has 0 spiro atoms. The van der Waals surface area contributed by atoms with E-state index in [1.165, 1.54) is 5.56 Å². The van der Waals surface area contributed by atoms with Gasteiger partial charge in [0.1, 0.15) is 11.8 Å². The maximum Gasteiger partial charge on any atom is 0.246 e. The number of carbonyl (C=O) groups is 1. The Bertz CT molecular complexity index is 921.